The summed E-state index contributed by atoms with van der Waals surface area (Å²) < 4.78 is 0. The second-order valence-corrected chi connectivity index (χ2v) is 9.49. The molecule has 1 N–H and O–H groups in total. The van der Waals surface area contributed by atoms with Crippen molar-refractivity contribution in [1.82, 2.24) is 0 Å². The molecule has 0 spiro atoms. The maximum Gasteiger partial charge on any atom is 0.303 e. The highest BCUT2D eigenvalue weighted by molar-refractivity contribution is 5.66. The summed E-state index contributed by atoms with van der Waals surface area (Å²) in [6.45, 7) is 0. The summed E-state index contributed by atoms with van der Waals surface area (Å²) in [6, 6.07) is 0. The van der Waals surface area contributed by atoms with Crippen LogP contribution in [0.1, 0.15) is 109 Å². The predicted molar refractivity (Wildman–Crippen MR) is 99.0 cm³/mol. The van der Waals surface area contributed by atoms with Crippen LogP contribution in [-0.2, 0) is 4.79 Å². The standard InChI is InChI=1S/C22H38O2/c23-21(24)10-8-6-4-2-1-3-5-7-9-11-22-15-18-12-19(16-22)14-20(13-18)17-22/h18-20H,1-17H2,(H,23,24). The zero-order chi connectivity index (χ0) is 16.8. The SMILES string of the molecule is O=C(O)CCCCCCCCCCCC12CC3CC(CC(C3)C1)C2. The summed E-state index contributed by atoms with van der Waals surface area (Å²) in [5.41, 5.74) is 0.791. The largest absolute Gasteiger partial charge is 0.481 e. The first kappa shape index (κ1) is 18.3. The Bertz CT molecular complexity index is 365. The molecule has 0 radical (unpaired) electrons. The van der Waals surface area contributed by atoms with Crippen molar-refractivity contribution >= 4 is 5.97 Å². The van der Waals surface area contributed by atoms with Crippen LogP contribution < -0.4 is 0 Å². The summed E-state index contributed by atoms with van der Waals surface area (Å²) in [5, 5.41) is 8.60. The van der Waals surface area contributed by atoms with E-state index < -0.39 is 5.97 Å². The van der Waals surface area contributed by atoms with Crippen molar-refractivity contribution in [3.8, 4) is 0 Å². The smallest absolute Gasteiger partial charge is 0.303 e. The lowest BCUT2D eigenvalue weighted by molar-refractivity contribution is -0.137. The Morgan fingerprint density at radius 1 is 0.708 bits per heavy atom. The molecule has 0 saturated heterocycles. The molecule has 0 heterocycles. The Labute approximate surface area is 148 Å². The van der Waals surface area contributed by atoms with Crippen LogP contribution in [0.4, 0.5) is 0 Å². The molecule has 0 unspecified atom stereocenters. The van der Waals surface area contributed by atoms with E-state index in [4.69, 9.17) is 5.11 Å². The summed E-state index contributed by atoms with van der Waals surface area (Å²) in [5.74, 6) is 2.68. The molecule has 4 aliphatic rings. The van der Waals surface area contributed by atoms with Gasteiger partial charge in [-0.3, -0.25) is 4.79 Å². The molecule has 0 aromatic rings. The maximum absolute atomic E-state index is 10.4. The minimum atomic E-state index is -0.644. The van der Waals surface area contributed by atoms with E-state index in [1.807, 2.05) is 0 Å². The van der Waals surface area contributed by atoms with Gasteiger partial charge >= 0.3 is 5.97 Å². The van der Waals surface area contributed by atoms with Gasteiger partial charge in [0.25, 0.3) is 0 Å². The fourth-order valence-electron chi connectivity index (χ4n) is 6.61. The molecule has 24 heavy (non-hydrogen) atoms. The Morgan fingerprint density at radius 3 is 1.58 bits per heavy atom. The van der Waals surface area contributed by atoms with E-state index in [-0.39, 0.29) is 0 Å². The molecule has 4 bridgehead atoms. The first-order chi connectivity index (χ1) is 11.7. The van der Waals surface area contributed by atoms with Gasteiger partial charge in [0.2, 0.25) is 0 Å². The highest BCUT2D eigenvalue weighted by atomic mass is 16.4. The molecule has 4 rings (SSSR count). The van der Waals surface area contributed by atoms with Crippen molar-refractivity contribution in [2.75, 3.05) is 0 Å². The van der Waals surface area contributed by atoms with Gasteiger partial charge in [0.05, 0.1) is 0 Å². The van der Waals surface area contributed by atoms with Gasteiger partial charge in [-0.05, 0) is 74.5 Å². The van der Waals surface area contributed by atoms with Gasteiger partial charge in [-0.25, -0.2) is 0 Å². The topological polar surface area (TPSA) is 37.3 Å². The molecule has 0 aromatic carbocycles. The van der Waals surface area contributed by atoms with Crippen LogP contribution in [0.25, 0.3) is 0 Å². The quantitative estimate of drug-likeness (QED) is 0.409. The van der Waals surface area contributed by atoms with E-state index in [1.54, 1.807) is 38.5 Å². The molecular formula is C22H38O2. The minimum Gasteiger partial charge on any atom is -0.481 e. The van der Waals surface area contributed by atoms with E-state index in [1.165, 1.54) is 51.4 Å². The van der Waals surface area contributed by atoms with Gasteiger partial charge in [-0.1, -0.05) is 51.4 Å². The Hall–Kier alpha value is -0.530. The van der Waals surface area contributed by atoms with Crippen molar-refractivity contribution in [1.29, 1.82) is 0 Å². The Morgan fingerprint density at radius 2 is 1.12 bits per heavy atom. The molecule has 0 amide bonds. The minimum absolute atomic E-state index is 0.352. The van der Waals surface area contributed by atoms with E-state index in [0.29, 0.717) is 6.42 Å². The molecule has 0 aliphatic heterocycles. The Kier molecular flexibility index (Phi) is 6.63. The number of carbonyl (C=O) groups is 1. The van der Waals surface area contributed by atoms with Crippen molar-refractivity contribution in [2.24, 2.45) is 23.2 Å². The second kappa shape index (κ2) is 8.72. The van der Waals surface area contributed by atoms with Gasteiger partial charge in [0, 0.05) is 6.42 Å². The third-order valence-electron chi connectivity index (χ3n) is 7.26. The zero-order valence-electron chi connectivity index (χ0n) is 15.6. The van der Waals surface area contributed by atoms with Crippen LogP contribution in [0.5, 0.6) is 0 Å². The number of carboxylic acid groups (broad SMARTS) is 1. The van der Waals surface area contributed by atoms with Crippen LogP contribution in [0, 0.1) is 23.2 Å². The average Bonchev–Trinajstić information content (AvgIpc) is 2.51. The molecule has 4 aliphatic carbocycles. The molecule has 4 fully saturated rings. The average molecular weight is 335 g/mol. The molecule has 0 atom stereocenters. The molecular weight excluding hydrogens is 296 g/mol. The first-order valence-electron chi connectivity index (χ1n) is 10.9. The summed E-state index contributed by atoms with van der Waals surface area (Å²) in [6.07, 6.45) is 22.9. The van der Waals surface area contributed by atoms with Crippen LogP contribution in [0.3, 0.4) is 0 Å². The lowest BCUT2D eigenvalue weighted by Crippen LogP contribution is -2.45. The van der Waals surface area contributed by atoms with Gasteiger partial charge < -0.3 is 5.11 Å². The second-order valence-electron chi connectivity index (χ2n) is 9.49. The maximum atomic E-state index is 10.4. The van der Waals surface area contributed by atoms with Crippen LogP contribution in [0.15, 0.2) is 0 Å². The molecule has 2 heteroatoms. The van der Waals surface area contributed by atoms with Crippen LogP contribution in [-0.4, -0.2) is 11.1 Å². The molecule has 138 valence electrons. The summed E-state index contributed by atoms with van der Waals surface area (Å²) in [4.78, 5) is 10.4. The lowest BCUT2D eigenvalue weighted by atomic mass is 9.48. The number of rotatable bonds is 12. The van der Waals surface area contributed by atoms with Gasteiger partial charge in [-0.2, -0.15) is 0 Å². The number of carboxylic acids is 1. The van der Waals surface area contributed by atoms with E-state index in [2.05, 4.69) is 0 Å². The highest BCUT2D eigenvalue weighted by Crippen LogP contribution is 2.61. The number of hydrogen-bond donors (Lipinski definition) is 1. The lowest BCUT2D eigenvalue weighted by Gasteiger charge is -2.57. The molecule has 4 saturated carbocycles. The van der Waals surface area contributed by atoms with Crippen molar-refractivity contribution in [2.45, 2.75) is 109 Å². The summed E-state index contributed by atoms with van der Waals surface area (Å²) >= 11 is 0. The van der Waals surface area contributed by atoms with Crippen LogP contribution >= 0.6 is 0 Å². The molecule has 0 aromatic heterocycles. The summed E-state index contributed by atoms with van der Waals surface area (Å²) in [7, 11) is 0. The van der Waals surface area contributed by atoms with E-state index >= 15 is 0 Å². The third kappa shape index (κ3) is 5.23. The van der Waals surface area contributed by atoms with E-state index in [9.17, 15) is 4.79 Å². The van der Waals surface area contributed by atoms with Crippen molar-refractivity contribution in [3.63, 3.8) is 0 Å². The van der Waals surface area contributed by atoms with Crippen molar-refractivity contribution < 1.29 is 9.90 Å². The number of aliphatic carboxylic acids is 1. The van der Waals surface area contributed by atoms with Gasteiger partial charge in [0.15, 0.2) is 0 Å². The number of hydrogen-bond acceptors (Lipinski definition) is 1. The van der Waals surface area contributed by atoms with Crippen LogP contribution in [0.2, 0.25) is 0 Å². The van der Waals surface area contributed by atoms with Gasteiger partial charge in [-0.15, -0.1) is 0 Å². The van der Waals surface area contributed by atoms with E-state index in [0.717, 1.165) is 36.0 Å². The predicted octanol–water partition coefficient (Wildman–Crippen LogP) is 6.58. The third-order valence-corrected chi connectivity index (χ3v) is 7.26. The molecule has 2 nitrogen and oxygen atoms in total. The fourth-order valence-corrected chi connectivity index (χ4v) is 6.61. The monoisotopic (exact) mass is 334 g/mol. The number of unbranched alkanes of at least 4 members (excludes halogenated alkanes) is 8. The van der Waals surface area contributed by atoms with Crippen molar-refractivity contribution in [3.05, 3.63) is 0 Å². The normalized spacial score (nSPS) is 33.9. The Balaban J connectivity index is 1.17. The first-order valence-corrected chi connectivity index (χ1v) is 10.9. The fraction of sp³-hybridized carbons (Fsp3) is 0.955. The zero-order valence-corrected chi connectivity index (χ0v) is 15.6. The highest BCUT2D eigenvalue weighted by Gasteiger charge is 2.50. The van der Waals surface area contributed by atoms with Gasteiger partial charge in [0.1, 0.15) is 0 Å².